The molecular weight excluding hydrogens is 190 g/mol. The van der Waals surface area contributed by atoms with Gasteiger partial charge in [0.05, 0.1) is 19.3 Å². The van der Waals surface area contributed by atoms with Crippen molar-refractivity contribution in [3.8, 4) is 0 Å². The normalized spacial score (nSPS) is 22.9. The van der Waals surface area contributed by atoms with Crippen LogP contribution < -0.4 is 0 Å². The minimum absolute atomic E-state index is 0.170. The Bertz CT molecular complexity index is 289. The summed E-state index contributed by atoms with van der Waals surface area (Å²) in [6, 6.07) is 10.1. The van der Waals surface area contributed by atoms with Crippen LogP contribution in [0.3, 0.4) is 0 Å². The third kappa shape index (κ3) is 3.30. The van der Waals surface area contributed by atoms with Gasteiger partial charge in [0.25, 0.3) is 0 Å². The highest BCUT2D eigenvalue weighted by atomic mass is 16.5. The molecule has 0 unspecified atom stereocenters. The number of ether oxygens (including phenoxy) is 1. The standard InChI is InChI=1S/C12H17NO2/c14-13-8-4-7-12(9-13)15-10-11-5-2-1-3-6-11/h1-3,5-6,12,14H,4,7-10H2/t12-/m0/s1. The molecule has 0 amide bonds. The van der Waals surface area contributed by atoms with Crippen molar-refractivity contribution in [3.63, 3.8) is 0 Å². The maximum absolute atomic E-state index is 9.33. The van der Waals surface area contributed by atoms with Crippen molar-refractivity contribution in [2.75, 3.05) is 13.1 Å². The van der Waals surface area contributed by atoms with Gasteiger partial charge < -0.3 is 9.94 Å². The van der Waals surface area contributed by atoms with Crippen molar-refractivity contribution in [2.45, 2.75) is 25.6 Å². The first-order valence-electron chi connectivity index (χ1n) is 5.44. The van der Waals surface area contributed by atoms with E-state index in [4.69, 9.17) is 4.74 Å². The molecule has 1 aromatic carbocycles. The molecule has 1 N–H and O–H groups in total. The van der Waals surface area contributed by atoms with Gasteiger partial charge in [-0.1, -0.05) is 30.3 Å². The fourth-order valence-electron chi connectivity index (χ4n) is 1.84. The van der Waals surface area contributed by atoms with Gasteiger partial charge in [-0.2, -0.15) is 5.06 Å². The van der Waals surface area contributed by atoms with Crippen LogP contribution in [0.15, 0.2) is 30.3 Å². The van der Waals surface area contributed by atoms with Gasteiger partial charge in [-0.25, -0.2) is 0 Å². The Kier molecular flexibility index (Phi) is 3.72. The summed E-state index contributed by atoms with van der Waals surface area (Å²) >= 11 is 0. The number of hydrogen-bond acceptors (Lipinski definition) is 3. The van der Waals surface area contributed by atoms with Gasteiger partial charge in [-0.05, 0) is 18.4 Å². The van der Waals surface area contributed by atoms with Gasteiger partial charge in [0.2, 0.25) is 0 Å². The van der Waals surface area contributed by atoms with E-state index >= 15 is 0 Å². The zero-order chi connectivity index (χ0) is 10.5. The summed E-state index contributed by atoms with van der Waals surface area (Å²) in [5.41, 5.74) is 1.19. The molecule has 82 valence electrons. The number of piperidine rings is 1. The van der Waals surface area contributed by atoms with Crippen LogP contribution in [0.2, 0.25) is 0 Å². The van der Waals surface area contributed by atoms with E-state index in [1.54, 1.807) is 0 Å². The van der Waals surface area contributed by atoms with Crippen molar-refractivity contribution < 1.29 is 9.94 Å². The summed E-state index contributed by atoms with van der Waals surface area (Å²) in [5.74, 6) is 0. The van der Waals surface area contributed by atoms with Gasteiger partial charge in [-0.15, -0.1) is 0 Å². The van der Waals surface area contributed by atoms with E-state index in [1.165, 1.54) is 10.6 Å². The van der Waals surface area contributed by atoms with E-state index in [2.05, 4.69) is 12.1 Å². The monoisotopic (exact) mass is 207 g/mol. The minimum Gasteiger partial charge on any atom is -0.372 e. The Morgan fingerprint density at radius 2 is 2.13 bits per heavy atom. The smallest absolute Gasteiger partial charge is 0.0730 e. The predicted molar refractivity (Wildman–Crippen MR) is 57.6 cm³/mol. The molecular formula is C12H17NO2. The minimum atomic E-state index is 0.170. The average Bonchev–Trinajstić information content (AvgIpc) is 2.28. The largest absolute Gasteiger partial charge is 0.372 e. The second-order valence-electron chi connectivity index (χ2n) is 3.97. The molecule has 1 aromatic rings. The van der Waals surface area contributed by atoms with Crippen molar-refractivity contribution >= 4 is 0 Å². The molecule has 3 heteroatoms. The Morgan fingerprint density at radius 1 is 1.33 bits per heavy atom. The highest BCUT2D eigenvalue weighted by Gasteiger charge is 2.18. The fourth-order valence-corrected chi connectivity index (χ4v) is 1.84. The molecule has 15 heavy (non-hydrogen) atoms. The molecule has 0 aromatic heterocycles. The quantitative estimate of drug-likeness (QED) is 0.823. The zero-order valence-corrected chi connectivity index (χ0v) is 8.80. The number of rotatable bonds is 3. The molecule has 3 nitrogen and oxygen atoms in total. The van der Waals surface area contributed by atoms with Crippen LogP contribution in [0.25, 0.3) is 0 Å². The van der Waals surface area contributed by atoms with E-state index in [0.29, 0.717) is 13.2 Å². The molecule has 0 spiro atoms. The van der Waals surface area contributed by atoms with Crippen LogP contribution in [0.5, 0.6) is 0 Å². The molecule has 1 heterocycles. The Labute approximate surface area is 90.2 Å². The molecule has 2 rings (SSSR count). The lowest BCUT2D eigenvalue weighted by molar-refractivity contribution is -0.146. The SMILES string of the molecule is ON1CCC[C@H](OCc2ccccc2)C1. The molecule has 1 aliphatic heterocycles. The van der Waals surface area contributed by atoms with Crippen molar-refractivity contribution in [1.82, 2.24) is 5.06 Å². The van der Waals surface area contributed by atoms with E-state index in [0.717, 1.165) is 19.4 Å². The average molecular weight is 207 g/mol. The lowest BCUT2D eigenvalue weighted by Crippen LogP contribution is -2.37. The summed E-state index contributed by atoms with van der Waals surface area (Å²) < 4.78 is 5.74. The van der Waals surface area contributed by atoms with Crippen molar-refractivity contribution in [2.24, 2.45) is 0 Å². The molecule has 1 aliphatic rings. The third-order valence-corrected chi connectivity index (χ3v) is 2.69. The summed E-state index contributed by atoms with van der Waals surface area (Å²) in [7, 11) is 0. The van der Waals surface area contributed by atoms with E-state index in [1.807, 2.05) is 18.2 Å². The molecule has 0 aliphatic carbocycles. The molecule has 1 saturated heterocycles. The van der Waals surface area contributed by atoms with Crippen LogP contribution >= 0.6 is 0 Å². The van der Waals surface area contributed by atoms with Crippen LogP contribution in [0.4, 0.5) is 0 Å². The van der Waals surface area contributed by atoms with Gasteiger partial charge >= 0.3 is 0 Å². The van der Waals surface area contributed by atoms with Crippen LogP contribution in [-0.2, 0) is 11.3 Å². The molecule has 0 radical (unpaired) electrons. The molecule has 1 atom stereocenters. The van der Waals surface area contributed by atoms with E-state index in [-0.39, 0.29) is 6.10 Å². The fraction of sp³-hybridized carbons (Fsp3) is 0.500. The van der Waals surface area contributed by atoms with Crippen molar-refractivity contribution in [3.05, 3.63) is 35.9 Å². The van der Waals surface area contributed by atoms with Crippen molar-refractivity contribution in [1.29, 1.82) is 0 Å². The summed E-state index contributed by atoms with van der Waals surface area (Å²) in [6.07, 6.45) is 2.23. The first kappa shape index (κ1) is 10.6. The number of nitrogens with zero attached hydrogens (tertiary/aromatic N) is 1. The molecule has 0 saturated carbocycles. The zero-order valence-electron chi connectivity index (χ0n) is 8.80. The lowest BCUT2D eigenvalue weighted by atomic mass is 10.1. The molecule has 0 bridgehead atoms. The van der Waals surface area contributed by atoms with Gasteiger partial charge in [0.15, 0.2) is 0 Å². The Morgan fingerprint density at radius 3 is 2.87 bits per heavy atom. The van der Waals surface area contributed by atoms with E-state index < -0.39 is 0 Å². The highest BCUT2D eigenvalue weighted by Crippen LogP contribution is 2.13. The summed E-state index contributed by atoms with van der Waals surface area (Å²) in [6.45, 7) is 2.04. The highest BCUT2D eigenvalue weighted by molar-refractivity contribution is 5.13. The Hall–Kier alpha value is -0.900. The lowest BCUT2D eigenvalue weighted by Gasteiger charge is -2.28. The maximum atomic E-state index is 9.33. The number of benzene rings is 1. The summed E-state index contributed by atoms with van der Waals surface area (Å²) in [4.78, 5) is 0. The van der Waals surface area contributed by atoms with Gasteiger partial charge in [-0.3, -0.25) is 0 Å². The number of hydrogen-bond donors (Lipinski definition) is 1. The van der Waals surface area contributed by atoms with E-state index in [9.17, 15) is 5.21 Å². The van der Waals surface area contributed by atoms with Crippen LogP contribution in [0.1, 0.15) is 18.4 Å². The van der Waals surface area contributed by atoms with Gasteiger partial charge in [0, 0.05) is 6.54 Å². The first-order chi connectivity index (χ1) is 7.34. The van der Waals surface area contributed by atoms with Crippen LogP contribution in [0, 0.1) is 0 Å². The Balaban J connectivity index is 1.78. The topological polar surface area (TPSA) is 32.7 Å². The number of hydroxylamine groups is 2. The second-order valence-corrected chi connectivity index (χ2v) is 3.97. The van der Waals surface area contributed by atoms with Crippen LogP contribution in [-0.4, -0.2) is 29.5 Å². The first-order valence-corrected chi connectivity index (χ1v) is 5.44. The summed E-state index contributed by atoms with van der Waals surface area (Å²) in [5, 5.41) is 10.7. The maximum Gasteiger partial charge on any atom is 0.0730 e. The third-order valence-electron chi connectivity index (χ3n) is 2.69. The van der Waals surface area contributed by atoms with Gasteiger partial charge in [0.1, 0.15) is 0 Å². The second kappa shape index (κ2) is 5.26. The molecule has 1 fully saturated rings. The predicted octanol–water partition coefficient (Wildman–Crippen LogP) is 2.06.